The lowest BCUT2D eigenvalue weighted by Gasteiger charge is -2.33. The Labute approximate surface area is 247 Å². The maximum Gasteiger partial charge on any atom is 0.229 e. The Morgan fingerprint density at radius 1 is 1.05 bits per heavy atom. The molecule has 3 N–H and O–H groups in total. The van der Waals surface area contributed by atoms with Gasteiger partial charge in [0.15, 0.2) is 5.82 Å². The molecule has 6 heteroatoms. The van der Waals surface area contributed by atoms with E-state index in [0.717, 1.165) is 56.2 Å². The number of carbonyl (C=O) groups is 1. The van der Waals surface area contributed by atoms with Gasteiger partial charge in [0.2, 0.25) is 5.91 Å². The molecule has 1 aliphatic rings. The monoisotopic (exact) mass is 638 g/mol. The second-order valence-corrected chi connectivity index (χ2v) is 12.7. The van der Waals surface area contributed by atoms with Crippen LogP contribution in [0.25, 0.3) is 11.3 Å². The molecule has 3 atom stereocenters. The number of benzene rings is 2. The molecule has 1 saturated carbocycles. The third kappa shape index (κ3) is 8.03. The van der Waals surface area contributed by atoms with Crippen molar-refractivity contribution in [3.05, 3.63) is 68.5 Å². The molecule has 0 radical (unpaired) electrons. The van der Waals surface area contributed by atoms with Crippen LogP contribution in [-0.4, -0.2) is 15.9 Å². The zero-order chi connectivity index (χ0) is 27.9. The van der Waals surface area contributed by atoms with Crippen LogP contribution in [0.3, 0.4) is 0 Å². The standard InChI is InChI=1S/C33H43IN4O/c1-5-7-8-24-15-21(3)16-25(17-24)18-30-33(38-31(39)19-23-9-11-27(34)12-10-23)36-22(4)32(37-30)29-14-13-28(35)20-26(29)6-2/h9-14,20-21,24-25H,5-8,15-19,35H2,1-4H3,(H,36,38,39). The van der Waals surface area contributed by atoms with Gasteiger partial charge < -0.3 is 11.1 Å². The predicted octanol–water partition coefficient (Wildman–Crippen LogP) is 8.17. The van der Waals surface area contributed by atoms with Crippen LogP contribution in [-0.2, 0) is 24.1 Å². The highest BCUT2D eigenvalue weighted by atomic mass is 127. The quantitative estimate of drug-likeness (QED) is 0.174. The van der Waals surface area contributed by atoms with Crippen LogP contribution in [0.4, 0.5) is 11.5 Å². The number of hydrogen-bond acceptors (Lipinski definition) is 4. The fourth-order valence-corrected chi connectivity index (χ4v) is 6.58. The molecule has 1 amide bonds. The van der Waals surface area contributed by atoms with Gasteiger partial charge in [-0.3, -0.25) is 4.79 Å². The molecule has 1 heterocycles. The Morgan fingerprint density at radius 3 is 2.51 bits per heavy atom. The van der Waals surface area contributed by atoms with Crippen LogP contribution >= 0.6 is 22.6 Å². The van der Waals surface area contributed by atoms with E-state index in [9.17, 15) is 4.79 Å². The lowest BCUT2D eigenvalue weighted by atomic mass is 9.73. The van der Waals surface area contributed by atoms with Crippen molar-refractivity contribution in [2.75, 3.05) is 11.1 Å². The molecule has 0 bridgehead atoms. The summed E-state index contributed by atoms with van der Waals surface area (Å²) in [6.45, 7) is 8.80. The molecule has 1 aromatic heterocycles. The second kappa shape index (κ2) is 13.7. The molecular weight excluding hydrogens is 595 g/mol. The van der Waals surface area contributed by atoms with Crippen LogP contribution in [0, 0.1) is 28.2 Å². The molecule has 2 aromatic carbocycles. The maximum absolute atomic E-state index is 13.1. The van der Waals surface area contributed by atoms with Gasteiger partial charge in [-0.1, -0.05) is 58.2 Å². The molecule has 3 unspecified atom stereocenters. The topological polar surface area (TPSA) is 80.9 Å². The minimum atomic E-state index is -0.0570. The van der Waals surface area contributed by atoms with Gasteiger partial charge in [-0.15, -0.1) is 0 Å². The number of rotatable bonds is 10. The van der Waals surface area contributed by atoms with Crippen LogP contribution in [0.5, 0.6) is 0 Å². The van der Waals surface area contributed by atoms with Gasteiger partial charge >= 0.3 is 0 Å². The van der Waals surface area contributed by atoms with Gasteiger partial charge in [0, 0.05) is 14.8 Å². The summed E-state index contributed by atoms with van der Waals surface area (Å²) in [5, 5.41) is 3.14. The predicted molar refractivity (Wildman–Crippen MR) is 171 cm³/mol. The molecular formula is C33H43IN4O. The average Bonchev–Trinajstić information content (AvgIpc) is 2.90. The molecule has 3 aromatic rings. The summed E-state index contributed by atoms with van der Waals surface area (Å²) < 4.78 is 1.16. The van der Waals surface area contributed by atoms with E-state index in [4.69, 9.17) is 15.7 Å². The first-order chi connectivity index (χ1) is 18.7. The van der Waals surface area contributed by atoms with Gasteiger partial charge in [0.05, 0.1) is 23.5 Å². The average molecular weight is 639 g/mol. The summed E-state index contributed by atoms with van der Waals surface area (Å²) in [4.78, 5) is 23.4. The van der Waals surface area contributed by atoms with Gasteiger partial charge in [0.25, 0.3) is 0 Å². The molecule has 1 aliphatic carbocycles. The number of aryl methyl sites for hydroxylation is 2. The minimum Gasteiger partial charge on any atom is -0.399 e. The second-order valence-electron chi connectivity index (χ2n) is 11.5. The van der Waals surface area contributed by atoms with E-state index in [0.29, 0.717) is 24.1 Å². The first-order valence-electron chi connectivity index (χ1n) is 14.6. The summed E-state index contributed by atoms with van der Waals surface area (Å²) in [7, 11) is 0. The van der Waals surface area contributed by atoms with Crippen LogP contribution < -0.4 is 11.1 Å². The number of nitrogens with zero attached hydrogens (tertiary/aromatic N) is 2. The molecule has 1 fully saturated rings. The third-order valence-corrected chi connectivity index (χ3v) is 8.75. The Balaban J connectivity index is 1.66. The molecule has 0 saturated heterocycles. The Hall–Kier alpha value is -2.48. The molecule has 0 spiro atoms. The number of hydrogen-bond donors (Lipinski definition) is 2. The summed E-state index contributed by atoms with van der Waals surface area (Å²) in [5.74, 6) is 2.59. The molecule has 4 rings (SSSR count). The highest BCUT2D eigenvalue weighted by molar-refractivity contribution is 14.1. The molecule has 208 valence electrons. The number of unbranched alkanes of at least 4 members (excludes halogenated alkanes) is 1. The highest BCUT2D eigenvalue weighted by Gasteiger charge is 2.28. The fraction of sp³-hybridized carbons (Fsp3) is 0.485. The summed E-state index contributed by atoms with van der Waals surface area (Å²) in [6, 6.07) is 14.1. The number of carbonyl (C=O) groups excluding carboxylic acids is 1. The van der Waals surface area contributed by atoms with Crippen molar-refractivity contribution < 1.29 is 4.79 Å². The van der Waals surface area contributed by atoms with Crippen molar-refractivity contribution in [3.63, 3.8) is 0 Å². The van der Waals surface area contributed by atoms with E-state index >= 15 is 0 Å². The number of nitrogens with one attached hydrogen (secondary N) is 1. The van der Waals surface area contributed by atoms with Crippen molar-refractivity contribution in [1.82, 2.24) is 9.97 Å². The van der Waals surface area contributed by atoms with Crippen molar-refractivity contribution in [2.24, 2.45) is 17.8 Å². The van der Waals surface area contributed by atoms with Crippen molar-refractivity contribution in [2.45, 2.75) is 85.5 Å². The number of nitrogens with two attached hydrogens (primary N) is 1. The Morgan fingerprint density at radius 2 is 1.79 bits per heavy atom. The number of aromatic nitrogens is 2. The van der Waals surface area contributed by atoms with Crippen molar-refractivity contribution >= 4 is 40.0 Å². The highest BCUT2D eigenvalue weighted by Crippen LogP contribution is 2.38. The number of amides is 1. The normalized spacial score (nSPS) is 19.2. The summed E-state index contributed by atoms with van der Waals surface area (Å²) in [5.41, 5.74) is 12.7. The van der Waals surface area contributed by atoms with Crippen LogP contribution in [0.2, 0.25) is 0 Å². The van der Waals surface area contributed by atoms with E-state index in [1.54, 1.807) is 0 Å². The molecule has 5 nitrogen and oxygen atoms in total. The lowest BCUT2D eigenvalue weighted by Crippen LogP contribution is -2.25. The smallest absolute Gasteiger partial charge is 0.229 e. The van der Waals surface area contributed by atoms with Crippen molar-refractivity contribution in [3.8, 4) is 11.3 Å². The Kier molecular flexibility index (Phi) is 10.4. The van der Waals surface area contributed by atoms with E-state index in [1.807, 2.05) is 43.3 Å². The SMILES string of the molecule is CCCCC1CC(C)CC(Cc2nc(-c3ccc(N)cc3CC)c(C)nc2NC(=O)Cc2ccc(I)cc2)C1. The zero-order valence-electron chi connectivity index (χ0n) is 23.9. The Bertz CT molecular complexity index is 1270. The first kappa shape index (κ1) is 29.5. The summed E-state index contributed by atoms with van der Waals surface area (Å²) >= 11 is 2.28. The number of halogens is 1. The number of nitrogen functional groups attached to an aromatic ring is 1. The van der Waals surface area contributed by atoms with E-state index in [-0.39, 0.29) is 5.91 Å². The molecule has 39 heavy (non-hydrogen) atoms. The van der Waals surface area contributed by atoms with E-state index in [1.165, 1.54) is 44.1 Å². The minimum absolute atomic E-state index is 0.0570. The third-order valence-electron chi connectivity index (χ3n) is 8.03. The van der Waals surface area contributed by atoms with Gasteiger partial charge in [-0.05, 0) is 115 Å². The summed E-state index contributed by atoms with van der Waals surface area (Å²) in [6.07, 6.45) is 9.64. The zero-order valence-corrected chi connectivity index (χ0v) is 26.1. The fourth-order valence-electron chi connectivity index (χ4n) is 6.22. The first-order valence-corrected chi connectivity index (χ1v) is 15.6. The van der Waals surface area contributed by atoms with Crippen LogP contribution in [0.1, 0.15) is 81.8 Å². The maximum atomic E-state index is 13.1. The van der Waals surface area contributed by atoms with Crippen LogP contribution in [0.15, 0.2) is 42.5 Å². The largest absolute Gasteiger partial charge is 0.399 e. The van der Waals surface area contributed by atoms with E-state index < -0.39 is 0 Å². The van der Waals surface area contributed by atoms with Gasteiger partial charge in [-0.25, -0.2) is 9.97 Å². The van der Waals surface area contributed by atoms with Crippen molar-refractivity contribution in [1.29, 1.82) is 0 Å². The van der Waals surface area contributed by atoms with Gasteiger partial charge in [-0.2, -0.15) is 0 Å². The number of anilines is 2. The molecule has 0 aliphatic heterocycles. The van der Waals surface area contributed by atoms with Gasteiger partial charge in [0.1, 0.15) is 0 Å². The lowest BCUT2D eigenvalue weighted by molar-refractivity contribution is -0.115. The van der Waals surface area contributed by atoms with E-state index in [2.05, 4.69) is 54.7 Å².